The minimum Gasteiger partial charge on any atom is -0.366 e. The van der Waals surface area contributed by atoms with Crippen molar-refractivity contribution in [3.8, 4) is 0 Å². The zero-order valence-electron chi connectivity index (χ0n) is 7.60. The fourth-order valence-corrected chi connectivity index (χ4v) is 2.76. The van der Waals surface area contributed by atoms with Gasteiger partial charge < -0.3 is 10.7 Å². The molecule has 2 rings (SSSR count). The summed E-state index contributed by atoms with van der Waals surface area (Å²) >= 11 is 0. The third-order valence-corrected chi connectivity index (χ3v) is 3.89. The highest BCUT2D eigenvalue weighted by Gasteiger charge is 2.30. The molecule has 1 saturated carbocycles. The molecule has 6 heteroatoms. The molecule has 0 unspecified atom stereocenters. The van der Waals surface area contributed by atoms with E-state index in [4.69, 9.17) is 5.73 Å². The number of hydrogen-bond donors (Lipinski definition) is 3. The van der Waals surface area contributed by atoms with Gasteiger partial charge in [0.05, 0.1) is 4.90 Å². The molecule has 1 aromatic rings. The Hall–Kier alpha value is -0.850. The van der Waals surface area contributed by atoms with Crippen molar-refractivity contribution in [2.75, 3.05) is 0 Å². The molecule has 0 amide bonds. The summed E-state index contributed by atoms with van der Waals surface area (Å²) in [6, 6.07) is 1.68. The van der Waals surface area contributed by atoms with Crippen LogP contribution in [0.1, 0.15) is 12.8 Å². The maximum absolute atomic E-state index is 11.6. The second-order valence-electron chi connectivity index (χ2n) is 3.60. The largest absolute Gasteiger partial charge is 0.366 e. The van der Waals surface area contributed by atoms with E-state index in [0.717, 1.165) is 12.8 Å². The molecular formula is C8H13N3O2S. The summed E-state index contributed by atoms with van der Waals surface area (Å²) in [6.07, 6.45) is 4.50. The number of rotatable bonds is 3. The van der Waals surface area contributed by atoms with Crippen molar-refractivity contribution in [2.45, 2.75) is 29.8 Å². The van der Waals surface area contributed by atoms with Gasteiger partial charge in [0.1, 0.15) is 0 Å². The zero-order valence-corrected chi connectivity index (χ0v) is 8.42. The van der Waals surface area contributed by atoms with E-state index in [2.05, 4.69) is 9.71 Å². The predicted octanol–water partition coefficient (Wildman–Crippen LogP) is -0.217. The van der Waals surface area contributed by atoms with Crippen LogP contribution in [0.3, 0.4) is 0 Å². The smallest absolute Gasteiger partial charge is 0.242 e. The van der Waals surface area contributed by atoms with Crippen LogP contribution in [0.4, 0.5) is 0 Å². The Labute approximate surface area is 82.7 Å². The summed E-state index contributed by atoms with van der Waals surface area (Å²) in [5.41, 5.74) is 5.57. The highest BCUT2D eigenvalue weighted by atomic mass is 32.2. The Morgan fingerprint density at radius 1 is 1.50 bits per heavy atom. The molecule has 0 radical (unpaired) electrons. The predicted molar refractivity (Wildman–Crippen MR) is 52.1 cm³/mol. The number of hydrogen-bond acceptors (Lipinski definition) is 3. The van der Waals surface area contributed by atoms with Crippen molar-refractivity contribution in [3.05, 3.63) is 18.5 Å². The van der Waals surface area contributed by atoms with Crippen molar-refractivity contribution < 1.29 is 8.42 Å². The van der Waals surface area contributed by atoms with Crippen LogP contribution in [0, 0.1) is 0 Å². The maximum Gasteiger partial charge on any atom is 0.242 e. The Bertz CT molecular complexity index is 392. The van der Waals surface area contributed by atoms with Crippen molar-refractivity contribution in [1.82, 2.24) is 9.71 Å². The number of nitrogens with two attached hydrogens (primary N) is 1. The standard InChI is InChI=1S/C8H13N3O2S/c9-6-3-7(4-6)11-14(12,13)8-1-2-10-5-8/h1-2,5-7,10-11H,3-4,9H2. The van der Waals surface area contributed by atoms with Crippen LogP contribution in [0.5, 0.6) is 0 Å². The van der Waals surface area contributed by atoms with Crippen LogP contribution < -0.4 is 10.5 Å². The molecule has 1 fully saturated rings. The molecule has 4 N–H and O–H groups in total. The van der Waals surface area contributed by atoms with Gasteiger partial charge in [-0.15, -0.1) is 0 Å². The second-order valence-corrected chi connectivity index (χ2v) is 5.31. The summed E-state index contributed by atoms with van der Waals surface area (Å²) in [6.45, 7) is 0. The number of aromatic nitrogens is 1. The lowest BCUT2D eigenvalue weighted by molar-refractivity contribution is 0.327. The van der Waals surface area contributed by atoms with Gasteiger partial charge in [-0.1, -0.05) is 0 Å². The van der Waals surface area contributed by atoms with Gasteiger partial charge in [-0.3, -0.25) is 0 Å². The van der Waals surface area contributed by atoms with E-state index in [1.807, 2.05) is 0 Å². The van der Waals surface area contributed by atoms with Crippen LogP contribution in [0.25, 0.3) is 0 Å². The Morgan fingerprint density at radius 3 is 2.71 bits per heavy atom. The fraction of sp³-hybridized carbons (Fsp3) is 0.500. The topological polar surface area (TPSA) is 88.0 Å². The van der Waals surface area contributed by atoms with E-state index in [1.165, 1.54) is 12.3 Å². The van der Waals surface area contributed by atoms with Gasteiger partial charge in [-0.25, -0.2) is 13.1 Å². The van der Waals surface area contributed by atoms with E-state index in [9.17, 15) is 8.42 Å². The Kier molecular flexibility index (Phi) is 2.34. The van der Waals surface area contributed by atoms with Crippen molar-refractivity contribution >= 4 is 10.0 Å². The van der Waals surface area contributed by atoms with Gasteiger partial charge in [0.25, 0.3) is 0 Å². The fourth-order valence-electron chi connectivity index (χ4n) is 1.52. The van der Waals surface area contributed by atoms with Crippen molar-refractivity contribution in [3.63, 3.8) is 0 Å². The van der Waals surface area contributed by atoms with Gasteiger partial charge >= 0.3 is 0 Å². The van der Waals surface area contributed by atoms with E-state index < -0.39 is 10.0 Å². The monoisotopic (exact) mass is 215 g/mol. The highest BCUT2D eigenvalue weighted by molar-refractivity contribution is 7.89. The van der Waals surface area contributed by atoms with E-state index in [1.54, 1.807) is 6.20 Å². The first-order valence-electron chi connectivity index (χ1n) is 4.48. The SMILES string of the molecule is NC1CC(NS(=O)(=O)c2cc[nH]c2)C1. The van der Waals surface area contributed by atoms with Gasteiger partial charge in [-0.2, -0.15) is 0 Å². The minimum atomic E-state index is -3.34. The molecule has 0 aliphatic heterocycles. The Morgan fingerprint density at radius 2 is 2.21 bits per heavy atom. The summed E-state index contributed by atoms with van der Waals surface area (Å²) in [7, 11) is -3.34. The average molecular weight is 215 g/mol. The molecule has 5 nitrogen and oxygen atoms in total. The van der Waals surface area contributed by atoms with Crippen LogP contribution in [0.2, 0.25) is 0 Å². The molecule has 0 spiro atoms. The molecule has 0 aromatic carbocycles. The molecule has 1 aromatic heterocycles. The Balaban J connectivity index is 2.04. The summed E-state index contributed by atoms with van der Waals surface area (Å²) in [5.74, 6) is 0. The van der Waals surface area contributed by atoms with Crippen LogP contribution in [-0.2, 0) is 10.0 Å². The number of H-pyrrole nitrogens is 1. The summed E-state index contributed by atoms with van der Waals surface area (Å²) in [4.78, 5) is 2.99. The first-order chi connectivity index (χ1) is 6.58. The van der Waals surface area contributed by atoms with Gasteiger partial charge in [-0.05, 0) is 18.9 Å². The molecule has 0 saturated heterocycles. The van der Waals surface area contributed by atoms with E-state index in [-0.39, 0.29) is 17.0 Å². The van der Waals surface area contributed by atoms with Crippen LogP contribution in [-0.4, -0.2) is 25.5 Å². The highest BCUT2D eigenvalue weighted by Crippen LogP contribution is 2.20. The lowest BCUT2D eigenvalue weighted by Crippen LogP contribution is -2.50. The normalized spacial score (nSPS) is 27.2. The first kappa shape index (κ1) is 9.70. The molecular weight excluding hydrogens is 202 g/mol. The summed E-state index contributed by atoms with van der Waals surface area (Å²) < 4.78 is 25.9. The van der Waals surface area contributed by atoms with Crippen molar-refractivity contribution in [1.29, 1.82) is 0 Å². The number of aromatic amines is 1. The summed E-state index contributed by atoms with van der Waals surface area (Å²) in [5, 5.41) is 0. The molecule has 1 heterocycles. The van der Waals surface area contributed by atoms with Crippen LogP contribution >= 0.6 is 0 Å². The lowest BCUT2D eigenvalue weighted by Gasteiger charge is -2.32. The third-order valence-electron chi connectivity index (χ3n) is 2.38. The molecule has 78 valence electrons. The molecule has 0 bridgehead atoms. The quantitative estimate of drug-likeness (QED) is 0.651. The molecule has 1 aliphatic carbocycles. The average Bonchev–Trinajstić information content (AvgIpc) is 2.52. The second kappa shape index (κ2) is 3.38. The minimum absolute atomic E-state index is 0.00454. The number of nitrogens with one attached hydrogen (secondary N) is 2. The number of sulfonamides is 1. The molecule has 14 heavy (non-hydrogen) atoms. The van der Waals surface area contributed by atoms with Gasteiger partial charge in [0.15, 0.2) is 0 Å². The van der Waals surface area contributed by atoms with E-state index in [0.29, 0.717) is 0 Å². The first-order valence-corrected chi connectivity index (χ1v) is 5.97. The lowest BCUT2D eigenvalue weighted by atomic mass is 9.89. The zero-order chi connectivity index (χ0) is 10.2. The molecule has 0 atom stereocenters. The maximum atomic E-state index is 11.6. The van der Waals surface area contributed by atoms with Gasteiger partial charge in [0, 0.05) is 24.5 Å². The third kappa shape index (κ3) is 1.82. The molecule has 1 aliphatic rings. The van der Waals surface area contributed by atoms with Crippen LogP contribution in [0.15, 0.2) is 23.4 Å². The van der Waals surface area contributed by atoms with E-state index >= 15 is 0 Å². The van der Waals surface area contributed by atoms with Crippen molar-refractivity contribution in [2.24, 2.45) is 5.73 Å². The van der Waals surface area contributed by atoms with Gasteiger partial charge in [0.2, 0.25) is 10.0 Å².